The fraction of sp³-hybridized carbons (Fsp3) is 0.250. The Hall–Kier alpha value is -3.61. The summed E-state index contributed by atoms with van der Waals surface area (Å²) in [5.74, 6) is 0.402. The van der Waals surface area contributed by atoms with Crippen LogP contribution in [0.5, 0.6) is 5.75 Å². The molecular weight excluding hydrogens is 397 g/mol. The molecule has 160 valence electrons. The zero-order valence-electron chi connectivity index (χ0n) is 17.5. The number of hydrogen-bond donors (Lipinski definition) is 1. The van der Waals surface area contributed by atoms with Crippen LogP contribution in [0.3, 0.4) is 0 Å². The molecule has 0 unspecified atom stereocenters. The highest BCUT2D eigenvalue weighted by atomic mass is 19.1. The minimum atomic E-state index is -0.397. The lowest BCUT2D eigenvalue weighted by molar-refractivity contribution is 0.0601. The largest absolute Gasteiger partial charge is 0.493 e. The lowest BCUT2D eigenvalue weighted by Gasteiger charge is -2.28. The van der Waals surface area contributed by atoms with Crippen molar-refractivity contribution < 1.29 is 18.7 Å². The van der Waals surface area contributed by atoms with Gasteiger partial charge in [0.15, 0.2) is 0 Å². The lowest BCUT2D eigenvalue weighted by atomic mass is 9.92. The molecule has 1 atom stereocenters. The van der Waals surface area contributed by atoms with Gasteiger partial charge in [0.25, 0.3) is 0 Å². The predicted octanol–water partition coefficient (Wildman–Crippen LogP) is 4.75. The van der Waals surface area contributed by atoms with E-state index in [9.17, 15) is 9.18 Å². The van der Waals surface area contributed by atoms with Crippen molar-refractivity contribution in [3.8, 4) is 5.75 Å². The first kappa shape index (κ1) is 20.7. The second-order valence-electron chi connectivity index (χ2n) is 7.39. The summed E-state index contributed by atoms with van der Waals surface area (Å²) in [7, 11) is 3.30. The van der Waals surface area contributed by atoms with Gasteiger partial charge in [-0.15, -0.1) is 0 Å². The molecule has 0 amide bonds. The fourth-order valence-electron chi connectivity index (χ4n) is 3.74. The Morgan fingerprint density at radius 1 is 1.23 bits per heavy atom. The molecule has 0 radical (unpaired) electrons. The minimum Gasteiger partial charge on any atom is -0.493 e. The third-order valence-electron chi connectivity index (χ3n) is 5.53. The van der Waals surface area contributed by atoms with Gasteiger partial charge in [-0.3, -0.25) is 4.98 Å². The second kappa shape index (κ2) is 9.04. The van der Waals surface area contributed by atoms with Gasteiger partial charge in [-0.2, -0.15) is 0 Å². The number of anilines is 3. The normalized spacial score (nSPS) is 14.9. The van der Waals surface area contributed by atoms with Gasteiger partial charge in [0.05, 0.1) is 31.2 Å². The number of benzene rings is 2. The van der Waals surface area contributed by atoms with Gasteiger partial charge >= 0.3 is 5.97 Å². The number of fused-ring (bicyclic) bond motifs is 1. The maximum Gasteiger partial charge on any atom is 0.340 e. The molecule has 2 aromatic carbocycles. The number of halogens is 1. The number of carbonyl (C=O) groups is 1. The van der Waals surface area contributed by atoms with Crippen LogP contribution in [0.1, 0.15) is 28.3 Å². The van der Waals surface area contributed by atoms with E-state index >= 15 is 0 Å². The molecule has 0 bridgehead atoms. The monoisotopic (exact) mass is 421 g/mol. The van der Waals surface area contributed by atoms with E-state index in [1.54, 1.807) is 30.6 Å². The average Bonchev–Trinajstić information content (AvgIpc) is 2.82. The van der Waals surface area contributed by atoms with Crippen LogP contribution in [-0.4, -0.2) is 38.3 Å². The number of nitrogens with zero attached hydrogens (tertiary/aromatic N) is 2. The summed E-state index contributed by atoms with van der Waals surface area (Å²) in [6.45, 7) is 1.25. The van der Waals surface area contributed by atoms with Gasteiger partial charge in [-0.25, -0.2) is 9.18 Å². The van der Waals surface area contributed by atoms with E-state index < -0.39 is 5.97 Å². The summed E-state index contributed by atoms with van der Waals surface area (Å²) in [5.41, 5.74) is 4.07. The number of methoxy groups -OCH3 is 1. The molecular formula is C24H24FN3O3. The van der Waals surface area contributed by atoms with Crippen LogP contribution in [-0.2, 0) is 4.74 Å². The Labute approximate surface area is 180 Å². The summed E-state index contributed by atoms with van der Waals surface area (Å²) in [6.07, 6.45) is 4.06. The molecule has 31 heavy (non-hydrogen) atoms. The number of rotatable bonds is 6. The van der Waals surface area contributed by atoms with Gasteiger partial charge in [-0.05, 0) is 48.4 Å². The first-order valence-electron chi connectivity index (χ1n) is 10.1. The van der Waals surface area contributed by atoms with Crippen molar-refractivity contribution in [3.63, 3.8) is 0 Å². The highest BCUT2D eigenvalue weighted by Crippen LogP contribution is 2.38. The molecule has 0 spiro atoms. The van der Waals surface area contributed by atoms with E-state index in [1.165, 1.54) is 19.2 Å². The molecule has 3 aromatic rings. The van der Waals surface area contributed by atoms with E-state index in [0.29, 0.717) is 24.4 Å². The van der Waals surface area contributed by atoms with Gasteiger partial charge in [-0.1, -0.05) is 6.07 Å². The Morgan fingerprint density at radius 3 is 2.77 bits per heavy atom. The molecule has 0 saturated heterocycles. The van der Waals surface area contributed by atoms with Crippen molar-refractivity contribution in [3.05, 3.63) is 77.9 Å². The number of ether oxygens (including phenoxy) is 2. The third kappa shape index (κ3) is 4.45. The van der Waals surface area contributed by atoms with Crippen LogP contribution in [0, 0.1) is 5.82 Å². The van der Waals surface area contributed by atoms with Gasteiger partial charge in [0.1, 0.15) is 11.6 Å². The molecule has 0 fully saturated rings. The van der Waals surface area contributed by atoms with Crippen molar-refractivity contribution in [2.24, 2.45) is 0 Å². The number of aromatic nitrogens is 1. The highest BCUT2D eigenvalue weighted by molar-refractivity contribution is 5.95. The first-order chi connectivity index (χ1) is 15.1. The van der Waals surface area contributed by atoms with E-state index in [4.69, 9.17) is 9.47 Å². The third-order valence-corrected chi connectivity index (χ3v) is 5.53. The van der Waals surface area contributed by atoms with Crippen molar-refractivity contribution >= 4 is 23.0 Å². The number of carbonyl (C=O) groups excluding carboxylic acids is 1. The van der Waals surface area contributed by atoms with Gasteiger partial charge in [0.2, 0.25) is 0 Å². The van der Waals surface area contributed by atoms with Gasteiger partial charge in [0, 0.05) is 43.1 Å². The number of nitrogens with one attached hydrogen (secondary N) is 1. The highest BCUT2D eigenvalue weighted by Gasteiger charge is 2.23. The van der Waals surface area contributed by atoms with E-state index in [-0.39, 0.29) is 11.7 Å². The number of hydrogen-bond acceptors (Lipinski definition) is 6. The fourth-order valence-corrected chi connectivity index (χ4v) is 3.74. The Kier molecular flexibility index (Phi) is 6.02. The van der Waals surface area contributed by atoms with Crippen molar-refractivity contribution in [1.82, 2.24) is 4.98 Å². The molecule has 1 aliphatic rings. The molecule has 7 heteroatoms. The van der Waals surface area contributed by atoms with Crippen LogP contribution < -0.4 is 15.0 Å². The summed E-state index contributed by atoms with van der Waals surface area (Å²) in [5, 5.41) is 3.34. The molecule has 4 rings (SSSR count). The quantitative estimate of drug-likeness (QED) is 0.580. The number of esters is 1. The van der Waals surface area contributed by atoms with Crippen LogP contribution >= 0.6 is 0 Å². The molecule has 2 heterocycles. The lowest BCUT2D eigenvalue weighted by Crippen LogP contribution is -2.22. The van der Waals surface area contributed by atoms with Crippen molar-refractivity contribution in [1.29, 1.82) is 0 Å². The maximum absolute atomic E-state index is 13.2. The van der Waals surface area contributed by atoms with E-state index in [0.717, 1.165) is 29.1 Å². The molecule has 0 aliphatic carbocycles. The topological polar surface area (TPSA) is 63.7 Å². The number of pyridine rings is 1. The summed E-state index contributed by atoms with van der Waals surface area (Å²) >= 11 is 0. The minimum absolute atomic E-state index is 0.222. The zero-order chi connectivity index (χ0) is 21.8. The molecule has 1 N–H and O–H groups in total. The van der Waals surface area contributed by atoms with E-state index in [1.807, 2.05) is 24.1 Å². The Morgan fingerprint density at radius 2 is 2.00 bits per heavy atom. The predicted molar refractivity (Wildman–Crippen MR) is 118 cm³/mol. The summed E-state index contributed by atoms with van der Waals surface area (Å²) in [4.78, 5) is 18.1. The van der Waals surface area contributed by atoms with Crippen LogP contribution in [0.4, 0.5) is 21.5 Å². The van der Waals surface area contributed by atoms with E-state index in [2.05, 4.69) is 16.4 Å². The van der Waals surface area contributed by atoms with Crippen LogP contribution in [0.25, 0.3) is 0 Å². The smallest absolute Gasteiger partial charge is 0.340 e. The summed E-state index contributed by atoms with van der Waals surface area (Å²) < 4.78 is 24.0. The molecule has 6 nitrogen and oxygen atoms in total. The summed E-state index contributed by atoms with van der Waals surface area (Å²) in [6, 6.07) is 14.1. The Balaban J connectivity index is 1.51. The van der Waals surface area contributed by atoms with Crippen LogP contribution in [0.15, 0.2) is 60.9 Å². The molecule has 1 aliphatic heterocycles. The second-order valence-corrected chi connectivity index (χ2v) is 7.39. The SMILES string of the molecule is COC(=O)c1ccncc1NC[C@@H]1CCOc2cc(N(C)c3ccc(F)cc3)ccc21. The first-order valence-corrected chi connectivity index (χ1v) is 10.1. The Bertz CT molecular complexity index is 1070. The zero-order valence-corrected chi connectivity index (χ0v) is 17.5. The maximum atomic E-state index is 13.2. The van der Waals surface area contributed by atoms with Crippen molar-refractivity contribution in [2.45, 2.75) is 12.3 Å². The van der Waals surface area contributed by atoms with Crippen molar-refractivity contribution in [2.75, 3.05) is 37.5 Å². The van der Waals surface area contributed by atoms with Gasteiger partial charge < -0.3 is 19.7 Å². The standard InChI is InChI=1S/C24H24FN3O3/c1-28(18-5-3-17(25)4-6-18)19-7-8-20-16(10-12-31-23(20)13-19)14-27-22-15-26-11-9-21(22)24(29)30-2/h3-9,11,13,15-16,27H,10,12,14H2,1-2H3/t16-/m0/s1. The molecule has 1 aromatic heterocycles. The van der Waals surface area contributed by atoms with Crippen LogP contribution in [0.2, 0.25) is 0 Å². The molecule has 0 saturated carbocycles. The average molecular weight is 421 g/mol.